The highest BCUT2D eigenvalue weighted by atomic mass is 35.5. The Bertz CT molecular complexity index is 852. The Hall–Kier alpha value is -2.70. The Balaban J connectivity index is 1.62. The number of amides is 1. The molecule has 8 heteroatoms. The van der Waals surface area contributed by atoms with Crippen LogP contribution in [-0.2, 0) is 6.54 Å². The van der Waals surface area contributed by atoms with E-state index in [0.717, 1.165) is 5.69 Å². The van der Waals surface area contributed by atoms with Crippen molar-refractivity contribution in [1.29, 1.82) is 0 Å². The lowest BCUT2D eigenvalue weighted by atomic mass is 10.3. The molecular weight excluding hydrogens is 361 g/mol. The van der Waals surface area contributed by atoms with Crippen molar-refractivity contribution < 1.29 is 4.79 Å². The van der Waals surface area contributed by atoms with Crippen LogP contribution in [0.4, 0.5) is 11.5 Å². The average molecular weight is 374 g/mol. The summed E-state index contributed by atoms with van der Waals surface area (Å²) in [7, 11) is 0. The molecule has 6 nitrogen and oxygen atoms in total. The summed E-state index contributed by atoms with van der Waals surface area (Å²) in [4.78, 5) is 16.2. The van der Waals surface area contributed by atoms with Gasteiger partial charge in [0.1, 0.15) is 0 Å². The van der Waals surface area contributed by atoms with Crippen LogP contribution in [0.15, 0.2) is 54.7 Å². The van der Waals surface area contributed by atoms with Crippen molar-refractivity contribution in [1.82, 2.24) is 20.5 Å². The number of benzene rings is 1. The van der Waals surface area contributed by atoms with Crippen molar-refractivity contribution in [2.24, 2.45) is 0 Å². The first-order valence-electron chi connectivity index (χ1n) is 7.35. The summed E-state index contributed by atoms with van der Waals surface area (Å²) in [6.45, 7) is 0.322. The third kappa shape index (κ3) is 4.89. The molecule has 25 heavy (non-hydrogen) atoms. The molecule has 0 aliphatic carbocycles. The molecule has 0 radical (unpaired) electrons. The Morgan fingerprint density at radius 1 is 1.00 bits per heavy atom. The number of halogens is 2. The number of pyridine rings is 1. The van der Waals surface area contributed by atoms with E-state index in [4.69, 9.17) is 23.2 Å². The van der Waals surface area contributed by atoms with Gasteiger partial charge in [-0.25, -0.2) is 0 Å². The van der Waals surface area contributed by atoms with Crippen LogP contribution in [0.25, 0.3) is 0 Å². The fourth-order valence-electron chi connectivity index (χ4n) is 2.06. The maximum absolute atomic E-state index is 12.1. The van der Waals surface area contributed by atoms with Gasteiger partial charge in [0.05, 0.1) is 12.2 Å². The summed E-state index contributed by atoms with van der Waals surface area (Å²) in [5.74, 6) is 0.148. The molecule has 2 aromatic heterocycles. The van der Waals surface area contributed by atoms with Gasteiger partial charge in [-0.1, -0.05) is 29.3 Å². The third-order valence-corrected chi connectivity index (χ3v) is 3.62. The van der Waals surface area contributed by atoms with E-state index in [1.807, 2.05) is 18.2 Å². The topological polar surface area (TPSA) is 79.8 Å². The van der Waals surface area contributed by atoms with Gasteiger partial charge >= 0.3 is 0 Å². The molecule has 0 aliphatic heterocycles. The van der Waals surface area contributed by atoms with Crippen LogP contribution >= 0.6 is 23.2 Å². The highest BCUT2D eigenvalue weighted by Gasteiger charge is 2.08. The van der Waals surface area contributed by atoms with Crippen LogP contribution in [-0.4, -0.2) is 21.1 Å². The standard InChI is InChI=1S/C17H13Cl2N5O/c18-11-7-12(19)9-14(8-11)22-16-5-4-15(23-24-16)17(25)21-10-13-3-1-2-6-20-13/h1-9H,10H2,(H,21,25)(H,22,24). The molecule has 2 N–H and O–H groups in total. The Kier molecular flexibility index (Phi) is 5.42. The van der Waals surface area contributed by atoms with Crippen LogP contribution < -0.4 is 10.6 Å². The van der Waals surface area contributed by atoms with E-state index < -0.39 is 0 Å². The highest BCUT2D eigenvalue weighted by molar-refractivity contribution is 6.35. The van der Waals surface area contributed by atoms with E-state index in [2.05, 4.69) is 25.8 Å². The van der Waals surface area contributed by atoms with Crippen molar-refractivity contribution in [3.63, 3.8) is 0 Å². The van der Waals surface area contributed by atoms with E-state index in [1.165, 1.54) is 0 Å². The number of anilines is 2. The minimum absolute atomic E-state index is 0.214. The molecular formula is C17H13Cl2N5O. The number of hydrogen-bond donors (Lipinski definition) is 2. The lowest BCUT2D eigenvalue weighted by Crippen LogP contribution is -2.24. The van der Waals surface area contributed by atoms with Crippen molar-refractivity contribution in [2.45, 2.75) is 6.54 Å². The predicted octanol–water partition coefficient (Wildman–Crippen LogP) is 3.85. The quantitative estimate of drug-likeness (QED) is 0.709. The van der Waals surface area contributed by atoms with Crippen LogP contribution in [0.3, 0.4) is 0 Å². The van der Waals surface area contributed by atoms with E-state index in [1.54, 1.807) is 36.5 Å². The first-order valence-corrected chi connectivity index (χ1v) is 8.11. The largest absolute Gasteiger partial charge is 0.345 e. The summed E-state index contributed by atoms with van der Waals surface area (Å²) in [6.07, 6.45) is 1.67. The maximum atomic E-state index is 12.1. The smallest absolute Gasteiger partial charge is 0.272 e. The first-order chi connectivity index (χ1) is 12.1. The molecule has 0 saturated carbocycles. The van der Waals surface area contributed by atoms with Gasteiger partial charge in [-0.05, 0) is 42.5 Å². The molecule has 126 valence electrons. The van der Waals surface area contributed by atoms with Gasteiger partial charge in [0.15, 0.2) is 11.5 Å². The molecule has 0 saturated heterocycles. The van der Waals surface area contributed by atoms with E-state index in [-0.39, 0.29) is 11.6 Å². The third-order valence-electron chi connectivity index (χ3n) is 3.19. The number of aromatic nitrogens is 3. The Morgan fingerprint density at radius 3 is 2.44 bits per heavy atom. The van der Waals surface area contributed by atoms with Gasteiger partial charge in [0, 0.05) is 21.9 Å². The molecule has 3 rings (SSSR count). The Labute approximate surface area is 154 Å². The van der Waals surface area contributed by atoms with Crippen molar-refractivity contribution in [2.75, 3.05) is 5.32 Å². The second kappa shape index (κ2) is 7.92. The fourth-order valence-corrected chi connectivity index (χ4v) is 2.58. The van der Waals surface area contributed by atoms with Crippen LogP contribution in [0.1, 0.15) is 16.2 Å². The fraction of sp³-hybridized carbons (Fsp3) is 0.0588. The summed E-state index contributed by atoms with van der Waals surface area (Å²) >= 11 is 11.9. The molecule has 0 atom stereocenters. The van der Waals surface area contributed by atoms with Crippen LogP contribution in [0.2, 0.25) is 10.0 Å². The molecule has 0 spiro atoms. The summed E-state index contributed by atoms with van der Waals surface area (Å²) < 4.78 is 0. The number of hydrogen-bond acceptors (Lipinski definition) is 5. The van der Waals surface area contributed by atoms with Gasteiger partial charge in [0.25, 0.3) is 5.91 Å². The van der Waals surface area contributed by atoms with E-state index in [0.29, 0.717) is 28.1 Å². The number of nitrogens with one attached hydrogen (secondary N) is 2. The number of carbonyl (C=O) groups excluding carboxylic acids is 1. The van der Waals surface area contributed by atoms with E-state index in [9.17, 15) is 4.79 Å². The van der Waals surface area contributed by atoms with Gasteiger partial charge < -0.3 is 10.6 Å². The van der Waals surface area contributed by atoms with Crippen molar-refractivity contribution in [3.8, 4) is 0 Å². The molecule has 1 amide bonds. The average Bonchev–Trinajstić information content (AvgIpc) is 2.60. The SMILES string of the molecule is O=C(NCc1ccccn1)c1ccc(Nc2cc(Cl)cc(Cl)c2)nn1. The minimum atomic E-state index is -0.324. The zero-order chi connectivity index (χ0) is 17.6. The molecule has 0 aliphatic rings. The zero-order valence-corrected chi connectivity index (χ0v) is 14.4. The molecule has 0 bridgehead atoms. The highest BCUT2D eigenvalue weighted by Crippen LogP contribution is 2.24. The summed E-state index contributed by atoms with van der Waals surface area (Å²) in [5, 5.41) is 14.7. The second-order valence-corrected chi connectivity index (χ2v) is 5.96. The van der Waals surface area contributed by atoms with E-state index >= 15 is 0 Å². The molecule has 2 heterocycles. The number of rotatable bonds is 5. The Morgan fingerprint density at radius 2 is 1.80 bits per heavy atom. The molecule has 0 fully saturated rings. The minimum Gasteiger partial charge on any atom is -0.345 e. The van der Waals surface area contributed by atoms with Gasteiger partial charge in [0.2, 0.25) is 0 Å². The molecule has 3 aromatic rings. The van der Waals surface area contributed by atoms with Crippen molar-refractivity contribution >= 4 is 40.6 Å². The molecule has 1 aromatic carbocycles. The second-order valence-electron chi connectivity index (χ2n) is 5.09. The molecule has 0 unspecified atom stereocenters. The lowest BCUT2D eigenvalue weighted by Gasteiger charge is -2.07. The lowest BCUT2D eigenvalue weighted by molar-refractivity contribution is 0.0944. The van der Waals surface area contributed by atoms with Crippen LogP contribution in [0, 0.1) is 0 Å². The van der Waals surface area contributed by atoms with Crippen molar-refractivity contribution in [3.05, 3.63) is 76.2 Å². The summed E-state index contributed by atoms with van der Waals surface area (Å²) in [6, 6.07) is 13.8. The normalized spacial score (nSPS) is 10.3. The predicted molar refractivity (Wildman–Crippen MR) is 97.2 cm³/mol. The number of carbonyl (C=O) groups is 1. The van der Waals surface area contributed by atoms with Gasteiger partial charge in [-0.15, -0.1) is 10.2 Å². The summed E-state index contributed by atoms with van der Waals surface area (Å²) in [5.41, 5.74) is 1.66. The number of nitrogens with zero attached hydrogens (tertiary/aromatic N) is 3. The van der Waals surface area contributed by atoms with Crippen LogP contribution in [0.5, 0.6) is 0 Å². The first kappa shape index (κ1) is 17.1. The van der Waals surface area contributed by atoms with Gasteiger partial charge in [-0.3, -0.25) is 9.78 Å². The monoisotopic (exact) mass is 373 g/mol. The maximum Gasteiger partial charge on any atom is 0.272 e. The van der Waals surface area contributed by atoms with Gasteiger partial charge in [-0.2, -0.15) is 0 Å². The zero-order valence-electron chi connectivity index (χ0n) is 12.9.